The second-order valence-electron chi connectivity index (χ2n) is 5.66. The molecular formula is C13H27ClN2O3. The largest absolute Gasteiger partial charge is 0.389 e. The number of amides is 1. The summed E-state index contributed by atoms with van der Waals surface area (Å²) in [5.41, 5.74) is -0.474. The minimum absolute atomic E-state index is 0. The van der Waals surface area contributed by atoms with Gasteiger partial charge in [0.2, 0.25) is 5.91 Å². The van der Waals surface area contributed by atoms with Crippen LogP contribution in [0.4, 0.5) is 0 Å². The molecule has 0 spiro atoms. The van der Waals surface area contributed by atoms with E-state index >= 15 is 0 Å². The fourth-order valence-corrected chi connectivity index (χ4v) is 1.99. The lowest BCUT2D eigenvalue weighted by Crippen LogP contribution is -2.52. The van der Waals surface area contributed by atoms with Crippen LogP contribution in [0.25, 0.3) is 0 Å². The summed E-state index contributed by atoms with van der Waals surface area (Å²) in [6.45, 7) is 8.03. The Kier molecular flexibility index (Phi) is 8.57. The van der Waals surface area contributed by atoms with Gasteiger partial charge in [-0.25, -0.2) is 0 Å². The molecular weight excluding hydrogens is 268 g/mol. The molecule has 0 aliphatic carbocycles. The Morgan fingerprint density at radius 2 is 2.16 bits per heavy atom. The Morgan fingerprint density at radius 1 is 1.47 bits per heavy atom. The molecule has 1 amide bonds. The maximum absolute atomic E-state index is 11.9. The lowest BCUT2D eigenvalue weighted by atomic mass is 9.99. The first kappa shape index (κ1) is 18.6. The number of hydrogen-bond acceptors (Lipinski definition) is 4. The van der Waals surface area contributed by atoms with Crippen molar-refractivity contribution in [1.29, 1.82) is 0 Å². The second kappa shape index (κ2) is 8.74. The Bertz CT molecular complexity index is 269. The van der Waals surface area contributed by atoms with Crippen LogP contribution in [0, 0.1) is 5.92 Å². The van der Waals surface area contributed by atoms with Crippen molar-refractivity contribution in [2.24, 2.45) is 5.92 Å². The molecule has 2 atom stereocenters. The zero-order valence-electron chi connectivity index (χ0n) is 12.1. The number of aliphatic hydroxyl groups is 1. The van der Waals surface area contributed by atoms with Crippen molar-refractivity contribution in [2.45, 2.75) is 45.3 Å². The van der Waals surface area contributed by atoms with Crippen molar-refractivity contribution < 1.29 is 14.6 Å². The average Bonchev–Trinajstić information content (AvgIpc) is 2.74. The van der Waals surface area contributed by atoms with Gasteiger partial charge in [-0.1, -0.05) is 13.8 Å². The lowest BCUT2D eigenvalue weighted by molar-refractivity contribution is -0.127. The summed E-state index contributed by atoms with van der Waals surface area (Å²) < 4.78 is 5.32. The molecule has 0 saturated carbocycles. The van der Waals surface area contributed by atoms with E-state index in [0.717, 1.165) is 19.4 Å². The van der Waals surface area contributed by atoms with Crippen LogP contribution in [0.5, 0.6) is 0 Å². The van der Waals surface area contributed by atoms with Crippen LogP contribution in [0.15, 0.2) is 0 Å². The molecule has 0 aromatic rings. The van der Waals surface area contributed by atoms with E-state index in [1.807, 2.05) is 6.92 Å². The molecule has 1 heterocycles. The monoisotopic (exact) mass is 294 g/mol. The van der Waals surface area contributed by atoms with E-state index in [4.69, 9.17) is 4.74 Å². The summed E-state index contributed by atoms with van der Waals surface area (Å²) in [5.74, 6) is 0.413. The van der Waals surface area contributed by atoms with Gasteiger partial charge in [0, 0.05) is 13.2 Å². The van der Waals surface area contributed by atoms with E-state index in [2.05, 4.69) is 24.5 Å². The van der Waals surface area contributed by atoms with Crippen molar-refractivity contribution >= 4 is 18.3 Å². The van der Waals surface area contributed by atoms with Crippen LogP contribution < -0.4 is 10.6 Å². The van der Waals surface area contributed by atoms with Crippen LogP contribution in [0.3, 0.4) is 0 Å². The van der Waals surface area contributed by atoms with Crippen molar-refractivity contribution in [2.75, 3.05) is 26.3 Å². The van der Waals surface area contributed by atoms with Gasteiger partial charge in [-0.3, -0.25) is 4.79 Å². The quantitative estimate of drug-likeness (QED) is 0.646. The summed E-state index contributed by atoms with van der Waals surface area (Å²) in [4.78, 5) is 11.9. The molecule has 1 aliphatic heterocycles. The Labute approximate surface area is 121 Å². The fourth-order valence-electron chi connectivity index (χ4n) is 1.99. The summed E-state index contributed by atoms with van der Waals surface area (Å²) in [6, 6.07) is 0. The third-order valence-corrected chi connectivity index (χ3v) is 3.13. The van der Waals surface area contributed by atoms with Crippen LogP contribution >= 0.6 is 12.4 Å². The molecule has 0 aromatic carbocycles. The van der Waals surface area contributed by atoms with Crippen molar-refractivity contribution in [3.63, 3.8) is 0 Å². The van der Waals surface area contributed by atoms with E-state index in [1.54, 1.807) is 0 Å². The van der Waals surface area contributed by atoms with Crippen LogP contribution in [-0.4, -0.2) is 49.0 Å². The highest BCUT2D eigenvalue weighted by atomic mass is 35.5. The second-order valence-corrected chi connectivity index (χ2v) is 5.66. The Morgan fingerprint density at radius 3 is 2.68 bits per heavy atom. The van der Waals surface area contributed by atoms with Gasteiger partial charge >= 0.3 is 0 Å². The van der Waals surface area contributed by atoms with Gasteiger partial charge in [0.1, 0.15) is 0 Å². The number of halogens is 1. The molecule has 2 unspecified atom stereocenters. The van der Waals surface area contributed by atoms with E-state index in [9.17, 15) is 9.90 Å². The maximum atomic E-state index is 11.9. The molecule has 1 fully saturated rings. The number of carbonyl (C=O) groups excluding carboxylic acids is 1. The first-order chi connectivity index (χ1) is 8.44. The third kappa shape index (κ3) is 6.56. The van der Waals surface area contributed by atoms with Gasteiger partial charge in [-0.05, 0) is 32.2 Å². The van der Waals surface area contributed by atoms with Crippen LogP contribution in [0.1, 0.15) is 33.6 Å². The predicted octanol–water partition coefficient (Wildman–Crippen LogP) is 0.700. The van der Waals surface area contributed by atoms with Gasteiger partial charge in [-0.2, -0.15) is 0 Å². The fraction of sp³-hybridized carbons (Fsp3) is 0.923. The minimum atomic E-state index is -0.641. The number of rotatable bonds is 7. The zero-order valence-corrected chi connectivity index (χ0v) is 12.9. The van der Waals surface area contributed by atoms with E-state index in [-0.39, 0.29) is 31.5 Å². The molecule has 0 bridgehead atoms. The van der Waals surface area contributed by atoms with Gasteiger partial charge < -0.3 is 20.5 Å². The predicted molar refractivity (Wildman–Crippen MR) is 77.6 cm³/mol. The number of aliphatic hydroxyl groups excluding tert-OH is 1. The molecule has 1 saturated heterocycles. The van der Waals surface area contributed by atoms with Crippen molar-refractivity contribution in [3.05, 3.63) is 0 Å². The highest BCUT2D eigenvalue weighted by molar-refractivity contribution is 5.86. The molecule has 0 radical (unpaired) electrons. The number of ether oxygens (including phenoxy) is 1. The van der Waals surface area contributed by atoms with Gasteiger partial charge in [0.25, 0.3) is 0 Å². The summed E-state index contributed by atoms with van der Waals surface area (Å²) in [5, 5.41) is 15.6. The van der Waals surface area contributed by atoms with Crippen LogP contribution in [-0.2, 0) is 9.53 Å². The Balaban J connectivity index is 0.00000324. The van der Waals surface area contributed by atoms with Gasteiger partial charge in [0.15, 0.2) is 0 Å². The summed E-state index contributed by atoms with van der Waals surface area (Å²) in [6.07, 6.45) is 1.22. The molecule has 3 N–H and O–H groups in total. The van der Waals surface area contributed by atoms with Crippen LogP contribution in [0.2, 0.25) is 0 Å². The molecule has 6 heteroatoms. The molecule has 19 heavy (non-hydrogen) atoms. The normalized spacial score (nSPS) is 24.1. The summed E-state index contributed by atoms with van der Waals surface area (Å²) >= 11 is 0. The molecule has 5 nitrogen and oxygen atoms in total. The molecule has 1 aliphatic rings. The highest BCUT2D eigenvalue weighted by Gasteiger charge is 2.35. The Hall–Kier alpha value is -0.360. The zero-order chi connectivity index (χ0) is 13.6. The SMILES string of the molecule is CC(C)COCC(O)CNC(=O)C1(C)CCCN1.Cl. The molecule has 114 valence electrons. The van der Waals surface area contributed by atoms with E-state index in [0.29, 0.717) is 12.5 Å². The smallest absolute Gasteiger partial charge is 0.240 e. The summed E-state index contributed by atoms with van der Waals surface area (Å²) in [7, 11) is 0. The van der Waals surface area contributed by atoms with Gasteiger partial charge in [-0.15, -0.1) is 12.4 Å². The number of nitrogens with one attached hydrogen (secondary N) is 2. The topological polar surface area (TPSA) is 70.6 Å². The number of carbonyl (C=O) groups is 1. The molecule has 1 rings (SSSR count). The van der Waals surface area contributed by atoms with Gasteiger partial charge in [0.05, 0.1) is 18.2 Å². The third-order valence-electron chi connectivity index (χ3n) is 3.13. The number of hydrogen-bond donors (Lipinski definition) is 3. The first-order valence-corrected chi connectivity index (χ1v) is 6.73. The van der Waals surface area contributed by atoms with E-state index < -0.39 is 11.6 Å². The average molecular weight is 295 g/mol. The molecule has 0 aromatic heterocycles. The minimum Gasteiger partial charge on any atom is -0.389 e. The first-order valence-electron chi connectivity index (χ1n) is 6.73. The maximum Gasteiger partial charge on any atom is 0.240 e. The van der Waals surface area contributed by atoms with Crippen molar-refractivity contribution in [1.82, 2.24) is 10.6 Å². The standard InChI is InChI=1S/C13H26N2O3.ClH/c1-10(2)8-18-9-11(16)7-14-12(17)13(3)5-4-6-15-13;/h10-11,15-16H,4-9H2,1-3H3,(H,14,17);1H. The lowest BCUT2D eigenvalue weighted by Gasteiger charge is -2.24. The van der Waals surface area contributed by atoms with Crippen molar-refractivity contribution in [3.8, 4) is 0 Å². The highest BCUT2D eigenvalue weighted by Crippen LogP contribution is 2.18. The van der Waals surface area contributed by atoms with E-state index in [1.165, 1.54) is 0 Å².